The lowest BCUT2D eigenvalue weighted by Gasteiger charge is -2.17. The van der Waals surface area contributed by atoms with Gasteiger partial charge in [-0.15, -0.1) is 0 Å². The van der Waals surface area contributed by atoms with Crippen LogP contribution in [-0.2, 0) is 15.0 Å². The van der Waals surface area contributed by atoms with Gasteiger partial charge in [-0.2, -0.15) is 0 Å². The first kappa shape index (κ1) is 16.0. The highest BCUT2D eigenvalue weighted by molar-refractivity contribution is 6.03. The van der Waals surface area contributed by atoms with Crippen LogP contribution < -0.4 is 10.8 Å². The molecule has 2 amide bonds. The predicted octanol–water partition coefficient (Wildman–Crippen LogP) is 2.88. The summed E-state index contributed by atoms with van der Waals surface area (Å²) in [6, 6.07) is 17.0. The number of para-hydroxylation sites is 1. The number of hydrogen-bond acceptors (Lipinski definition) is 3. The summed E-state index contributed by atoms with van der Waals surface area (Å²) >= 11 is 0. The lowest BCUT2D eigenvalue weighted by atomic mass is 9.95. The summed E-state index contributed by atoms with van der Waals surface area (Å²) in [6.07, 6.45) is 4.40. The molecule has 3 rings (SSSR count). The lowest BCUT2D eigenvalue weighted by Crippen LogP contribution is -2.28. The maximum atomic E-state index is 12.8. The van der Waals surface area contributed by atoms with Crippen LogP contribution in [0.4, 0.5) is 5.69 Å². The van der Waals surface area contributed by atoms with Crippen LogP contribution in [-0.4, -0.2) is 17.0 Å². The van der Waals surface area contributed by atoms with Crippen molar-refractivity contribution < 1.29 is 14.8 Å². The van der Waals surface area contributed by atoms with Gasteiger partial charge in [0.05, 0.1) is 5.41 Å². The molecule has 1 fully saturated rings. The molecule has 3 N–H and O–H groups in total. The van der Waals surface area contributed by atoms with Crippen LogP contribution in [0.5, 0.6) is 0 Å². The van der Waals surface area contributed by atoms with Gasteiger partial charge in [-0.25, -0.2) is 5.48 Å². The molecule has 24 heavy (non-hydrogen) atoms. The molecule has 0 aromatic heterocycles. The van der Waals surface area contributed by atoms with Crippen molar-refractivity contribution in [2.24, 2.45) is 0 Å². The number of benzene rings is 2. The molecule has 5 heteroatoms. The highest BCUT2D eigenvalue weighted by Crippen LogP contribution is 2.49. The van der Waals surface area contributed by atoms with Crippen LogP contribution in [0.3, 0.4) is 0 Å². The van der Waals surface area contributed by atoms with Gasteiger partial charge in [0.1, 0.15) is 0 Å². The van der Waals surface area contributed by atoms with E-state index in [-0.39, 0.29) is 5.91 Å². The zero-order valence-electron chi connectivity index (χ0n) is 13.0. The van der Waals surface area contributed by atoms with Crippen molar-refractivity contribution in [2.45, 2.75) is 18.3 Å². The van der Waals surface area contributed by atoms with Crippen molar-refractivity contribution in [2.75, 3.05) is 5.32 Å². The van der Waals surface area contributed by atoms with E-state index in [2.05, 4.69) is 5.32 Å². The third-order valence-electron chi connectivity index (χ3n) is 4.24. The minimum absolute atomic E-state index is 0.0406. The Labute approximate surface area is 140 Å². The van der Waals surface area contributed by atoms with E-state index in [4.69, 9.17) is 5.21 Å². The number of anilines is 1. The fourth-order valence-corrected chi connectivity index (χ4v) is 2.73. The molecule has 0 spiro atoms. The van der Waals surface area contributed by atoms with Crippen molar-refractivity contribution in [3.63, 3.8) is 0 Å². The molecular formula is C19H18N2O3. The van der Waals surface area contributed by atoms with Gasteiger partial charge in [0, 0.05) is 11.8 Å². The molecule has 0 bridgehead atoms. The van der Waals surface area contributed by atoms with E-state index in [1.54, 1.807) is 18.2 Å². The Bertz CT molecular complexity index is 780. The zero-order valence-corrected chi connectivity index (χ0v) is 13.0. The van der Waals surface area contributed by atoms with Crippen molar-refractivity contribution in [1.29, 1.82) is 0 Å². The van der Waals surface area contributed by atoms with E-state index in [0.29, 0.717) is 11.3 Å². The highest BCUT2D eigenvalue weighted by atomic mass is 16.5. The molecule has 1 saturated carbocycles. The molecule has 0 heterocycles. The quantitative estimate of drug-likeness (QED) is 0.450. The summed E-state index contributed by atoms with van der Waals surface area (Å²) in [5, 5.41) is 11.5. The van der Waals surface area contributed by atoms with Crippen molar-refractivity contribution >= 4 is 23.6 Å². The fraction of sp³-hybridized carbons (Fsp3) is 0.158. The Morgan fingerprint density at radius 1 is 1.00 bits per heavy atom. The van der Waals surface area contributed by atoms with Gasteiger partial charge < -0.3 is 5.32 Å². The van der Waals surface area contributed by atoms with Crippen molar-refractivity contribution in [3.8, 4) is 0 Å². The number of hydroxylamine groups is 1. The first-order valence-electron chi connectivity index (χ1n) is 7.74. The Balaban J connectivity index is 1.81. The van der Waals surface area contributed by atoms with E-state index in [9.17, 15) is 9.59 Å². The Morgan fingerprint density at radius 2 is 1.67 bits per heavy atom. The molecule has 2 aromatic carbocycles. The second-order valence-electron chi connectivity index (χ2n) is 5.80. The monoisotopic (exact) mass is 322 g/mol. The normalized spacial score (nSPS) is 15.0. The molecule has 0 radical (unpaired) electrons. The van der Waals surface area contributed by atoms with Gasteiger partial charge in [-0.05, 0) is 36.1 Å². The van der Waals surface area contributed by atoms with Gasteiger partial charge in [0.25, 0.3) is 5.91 Å². The van der Waals surface area contributed by atoms with Crippen LogP contribution in [0.25, 0.3) is 6.08 Å². The number of carbonyl (C=O) groups excluding carboxylic acids is 2. The molecule has 2 aromatic rings. The summed E-state index contributed by atoms with van der Waals surface area (Å²) in [7, 11) is 0. The maximum absolute atomic E-state index is 12.8. The SMILES string of the molecule is O=C(C=Cc1ccccc1NC(=O)C1(c2ccccc2)CC1)NO. The molecule has 0 unspecified atom stereocenters. The molecule has 5 nitrogen and oxygen atoms in total. The molecular weight excluding hydrogens is 304 g/mol. The fourth-order valence-electron chi connectivity index (χ4n) is 2.73. The van der Waals surface area contributed by atoms with Gasteiger partial charge >= 0.3 is 0 Å². The minimum atomic E-state index is -0.626. The van der Waals surface area contributed by atoms with Gasteiger partial charge in [0.2, 0.25) is 5.91 Å². The standard InChI is InChI=1S/C19H18N2O3/c22-17(21-24)11-10-14-6-4-5-9-16(14)20-18(23)19(12-13-19)15-7-2-1-3-8-15/h1-11,24H,12-13H2,(H,20,23)(H,21,22). The van der Waals surface area contributed by atoms with E-state index in [1.807, 2.05) is 42.5 Å². The van der Waals surface area contributed by atoms with Crippen LogP contribution in [0.15, 0.2) is 60.7 Å². The summed E-state index contributed by atoms with van der Waals surface area (Å²) in [4.78, 5) is 23.9. The maximum Gasteiger partial charge on any atom is 0.267 e. The van der Waals surface area contributed by atoms with Crippen LogP contribution >= 0.6 is 0 Å². The van der Waals surface area contributed by atoms with E-state index in [0.717, 1.165) is 18.4 Å². The largest absolute Gasteiger partial charge is 0.325 e. The number of hydrogen-bond donors (Lipinski definition) is 3. The zero-order chi connectivity index (χ0) is 17.0. The minimum Gasteiger partial charge on any atom is -0.325 e. The number of rotatable bonds is 5. The molecule has 0 saturated heterocycles. The van der Waals surface area contributed by atoms with Crippen molar-refractivity contribution in [3.05, 3.63) is 71.8 Å². The van der Waals surface area contributed by atoms with E-state index < -0.39 is 11.3 Å². The van der Waals surface area contributed by atoms with Crippen LogP contribution in [0.1, 0.15) is 24.0 Å². The third-order valence-corrected chi connectivity index (χ3v) is 4.24. The first-order valence-corrected chi connectivity index (χ1v) is 7.74. The molecule has 1 aliphatic carbocycles. The average molecular weight is 322 g/mol. The molecule has 122 valence electrons. The predicted molar refractivity (Wildman–Crippen MR) is 91.4 cm³/mol. The Morgan fingerprint density at radius 3 is 2.33 bits per heavy atom. The summed E-state index contributed by atoms with van der Waals surface area (Å²) < 4.78 is 0. The van der Waals surface area contributed by atoms with E-state index in [1.165, 1.54) is 11.6 Å². The number of nitrogens with one attached hydrogen (secondary N) is 2. The van der Waals surface area contributed by atoms with E-state index >= 15 is 0 Å². The Hall–Kier alpha value is -2.92. The third kappa shape index (κ3) is 3.21. The van der Waals surface area contributed by atoms with Crippen LogP contribution in [0.2, 0.25) is 0 Å². The molecule has 0 atom stereocenters. The van der Waals surface area contributed by atoms with Crippen molar-refractivity contribution in [1.82, 2.24) is 5.48 Å². The first-order chi connectivity index (χ1) is 11.7. The van der Waals surface area contributed by atoms with Gasteiger partial charge in [-0.3, -0.25) is 14.8 Å². The summed E-state index contributed by atoms with van der Waals surface area (Å²) in [6.45, 7) is 0. The second-order valence-corrected chi connectivity index (χ2v) is 5.80. The van der Waals surface area contributed by atoms with Gasteiger partial charge in [0.15, 0.2) is 0 Å². The summed E-state index contributed by atoms with van der Waals surface area (Å²) in [5.74, 6) is -0.666. The Kier molecular flexibility index (Phi) is 4.44. The lowest BCUT2D eigenvalue weighted by molar-refractivity contribution is -0.124. The van der Waals surface area contributed by atoms with Gasteiger partial charge in [-0.1, -0.05) is 48.5 Å². The molecule has 1 aliphatic rings. The summed E-state index contributed by atoms with van der Waals surface area (Å²) in [5.41, 5.74) is 3.43. The molecule has 0 aliphatic heterocycles. The highest BCUT2D eigenvalue weighted by Gasteiger charge is 2.51. The second kappa shape index (κ2) is 6.68. The smallest absolute Gasteiger partial charge is 0.267 e. The average Bonchev–Trinajstić information content (AvgIpc) is 3.43. The number of amides is 2. The van der Waals surface area contributed by atoms with Crippen LogP contribution in [0, 0.1) is 0 Å². The number of carbonyl (C=O) groups is 2. The topological polar surface area (TPSA) is 78.4 Å².